The number of hydrogen-bond donors (Lipinski definition) is 1. The normalized spacial score (nSPS) is 16.1. The van der Waals surface area contributed by atoms with Crippen LogP contribution in [0.3, 0.4) is 0 Å². The molecule has 0 saturated carbocycles. The van der Waals surface area contributed by atoms with Crippen molar-refractivity contribution in [2.24, 2.45) is 0 Å². The number of hydrogen-bond acceptors (Lipinski definition) is 6. The lowest BCUT2D eigenvalue weighted by atomic mass is 10.2. The summed E-state index contributed by atoms with van der Waals surface area (Å²) in [4.78, 5) is 13.9. The molecular weight excluding hydrogens is 336 g/mol. The number of carbonyl (C=O) groups excluding carboxylic acids is 1. The summed E-state index contributed by atoms with van der Waals surface area (Å²) in [5.41, 5.74) is -0.366. The molecule has 26 heavy (non-hydrogen) atoms. The van der Waals surface area contributed by atoms with E-state index < -0.39 is 0 Å². The van der Waals surface area contributed by atoms with E-state index in [9.17, 15) is 4.79 Å². The monoisotopic (exact) mass is 366 g/mol. The van der Waals surface area contributed by atoms with Gasteiger partial charge in [-0.2, -0.15) is 0 Å². The van der Waals surface area contributed by atoms with E-state index in [1.54, 1.807) is 12.0 Å². The van der Waals surface area contributed by atoms with Crippen LogP contribution in [0.25, 0.3) is 0 Å². The van der Waals surface area contributed by atoms with E-state index in [1.807, 2.05) is 45.0 Å². The van der Waals surface area contributed by atoms with E-state index >= 15 is 0 Å². The highest BCUT2D eigenvalue weighted by atomic mass is 16.6. The third-order valence-electron chi connectivity index (χ3n) is 3.78. The number of benzene rings is 1. The van der Waals surface area contributed by atoms with Gasteiger partial charge in [0.05, 0.1) is 12.7 Å². The smallest absolute Gasteiger partial charge is 0.409 e. The maximum absolute atomic E-state index is 12.2. The van der Waals surface area contributed by atoms with Gasteiger partial charge in [-0.1, -0.05) is 0 Å². The summed E-state index contributed by atoms with van der Waals surface area (Å²) in [5.74, 6) is 1.48. The molecule has 1 heterocycles. The molecule has 1 N–H and O–H groups in total. The first-order valence-corrected chi connectivity index (χ1v) is 8.94. The van der Waals surface area contributed by atoms with Crippen LogP contribution in [0, 0.1) is 0 Å². The Morgan fingerprint density at radius 1 is 1.12 bits per heavy atom. The average Bonchev–Trinajstić information content (AvgIpc) is 2.63. The van der Waals surface area contributed by atoms with Gasteiger partial charge in [0.25, 0.3) is 0 Å². The van der Waals surface area contributed by atoms with Crippen molar-refractivity contribution in [3.05, 3.63) is 24.3 Å². The Balaban J connectivity index is 1.86. The van der Waals surface area contributed by atoms with Gasteiger partial charge >= 0.3 is 6.09 Å². The van der Waals surface area contributed by atoms with Crippen LogP contribution < -0.4 is 14.8 Å². The molecule has 0 aromatic heterocycles. The van der Waals surface area contributed by atoms with Crippen molar-refractivity contribution in [3.63, 3.8) is 0 Å². The molecule has 0 aliphatic carbocycles. The number of nitrogens with one attached hydrogen (secondary N) is 1. The molecule has 1 fully saturated rings. The summed E-state index contributed by atoms with van der Waals surface area (Å²) in [5, 5.41) is 3.21. The first kappa shape index (κ1) is 20.3. The Labute approximate surface area is 155 Å². The number of methoxy groups -OCH3 is 1. The van der Waals surface area contributed by atoms with Crippen LogP contribution in [0.2, 0.25) is 0 Å². The molecule has 0 bridgehead atoms. The van der Waals surface area contributed by atoms with Crippen molar-refractivity contribution in [2.75, 3.05) is 46.5 Å². The number of ether oxygens (including phenoxy) is 4. The number of amides is 1. The fourth-order valence-electron chi connectivity index (χ4n) is 2.58. The summed E-state index contributed by atoms with van der Waals surface area (Å²) >= 11 is 0. The van der Waals surface area contributed by atoms with Crippen LogP contribution in [0.4, 0.5) is 4.79 Å². The van der Waals surface area contributed by atoms with Crippen molar-refractivity contribution in [1.29, 1.82) is 0 Å². The van der Waals surface area contributed by atoms with Crippen molar-refractivity contribution >= 4 is 6.09 Å². The van der Waals surface area contributed by atoms with Gasteiger partial charge in [0.2, 0.25) is 0 Å². The van der Waals surface area contributed by atoms with Crippen LogP contribution in [0.5, 0.6) is 11.5 Å². The third-order valence-corrected chi connectivity index (χ3v) is 3.78. The molecule has 1 unspecified atom stereocenters. The molecular formula is C19H30N2O5. The molecule has 0 spiro atoms. The standard InChI is InChI=1S/C19H30N2O5/c1-19(2,3)26-17(13-24-16-7-5-15(23-4)6-8-16)14-25-18(22)21-11-9-20-10-12-21/h5-8,17,20H,9-14H2,1-4H3. The van der Waals surface area contributed by atoms with Crippen molar-refractivity contribution in [2.45, 2.75) is 32.5 Å². The summed E-state index contributed by atoms with van der Waals surface area (Å²) < 4.78 is 22.4. The Morgan fingerprint density at radius 3 is 2.31 bits per heavy atom. The highest BCUT2D eigenvalue weighted by Gasteiger charge is 2.23. The van der Waals surface area contributed by atoms with E-state index in [0.29, 0.717) is 25.4 Å². The number of rotatable bonds is 7. The molecule has 1 atom stereocenters. The average molecular weight is 366 g/mol. The molecule has 1 aliphatic rings. The second kappa shape index (κ2) is 9.64. The van der Waals surface area contributed by atoms with Gasteiger partial charge in [-0.25, -0.2) is 4.79 Å². The van der Waals surface area contributed by atoms with Gasteiger partial charge in [-0.15, -0.1) is 0 Å². The van der Waals surface area contributed by atoms with Gasteiger partial charge in [-0.3, -0.25) is 0 Å². The lowest BCUT2D eigenvalue weighted by Crippen LogP contribution is -2.47. The number of piperazine rings is 1. The van der Waals surface area contributed by atoms with Gasteiger partial charge in [-0.05, 0) is 45.0 Å². The number of carbonyl (C=O) groups is 1. The Bertz CT molecular complexity index is 550. The quantitative estimate of drug-likeness (QED) is 0.799. The first-order chi connectivity index (χ1) is 12.4. The van der Waals surface area contributed by atoms with Gasteiger partial charge < -0.3 is 29.2 Å². The van der Waals surface area contributed by atoms with Crippen LogP contribution in [0.15, 0.2) is 24.3 Å². The largest absolute Gasteiger partial charge is 0.497 e. The molecule has 1 aromatic rings. The fourth-order valence-corrected chi connectivity index (χ4v) is 2.58. The molecule has 1 aromatic carbocycles. The minimum Gasteiger partial charge on any atom is -0.497 e. The minimum atomic E-state index is -0.366. The predicted molar refractivity (Wildman–Crippen MR) is 98.9 cm³/mol. The zero-order valence-corrected chi connectivity index (χ0v) is 16.1. The van der Waals surface area contributed by atoms with Crippen molar-refractivity contribution in [1.82, 2.24) is 10.2 Å². The second-order valence-corrected chi connectivity index (χ2v) is 7.15. The molecule has 1 amide bonds. The molecule has 146 valence electrons. The minimum absolute atomic E-state index is 0.149. The molecule has 1 aliphatic heterocycles. The topological polar surface area (TPSA) is 69.3 Å². The Morgan fingerprint density at radius 2 is 1.73 bits per heavy atom. The molecule has 2 rings (SSSR count). The first-order valence-electron chi connectivity index (χ1n) is 8.94. The highest BCUT2D eigenvalue weighted by molar-refractivity contribution is 5.67. The Hall–Kier alpha value is -1.99. The summed E-state index contributed by atoms with van der Waals surface area (Å²) in [6, 6.07) is 7.33. The lowest BCUT2D eigenvalue weighted by Gasteiger charge is -2.30. The van der Waals surface area contributed by atoms with Crippen molar-refractivity contribution < 1.29 is 23.7 Å². The van der Waals surface area contributed by atoms with E-state index in [1.165, 1.54) is 0 Å². The van der Waals surface area contributed by atoms with Gasteiger partial charge in [0, 0.05) is 26.2 Å². The molecule has 0 radical (unpaired) electrons. The van der Waals surface area contributed by atoms with Crippen LogP contribution in [-0.2, 0) is 9.47 Å². The van der Waals surface area contributed by atoms with E-state index in [4.69, 9.17) is 18.9 Å². The number of nitrogens with zero attached hydrogens (tertiary/aromatic N) is 1. The maximum Gasteiger partial charge on any atom is 0.409 e. The van der Waals surface area contributed by atoms with Crippen molar-refractivity contribution in [3.8, 4) is 11.5 Å². The third kappa shape index (κ3) is 7.09. The summed E-state index contributed by atoms with van der Waals surface area (Å²) in [6.45, 7) is 9.23. The van der Waals surface area contributed by atoms with E-state index in [2.05, 4.69) is 5.32 Å². The fraction of sp³-hybridized carbons (Fsp3) is 0.632. The molecule has 7 nitrogen and oxygen atoms in total. The van der Waals surface area contributed by atoms with E-state index in [-0.39, 0.29) is 24.4 Å². The zero-order valence-electron chi connectivity index (χ0n) is 16.1. The maximum atomic E-state index is 12.2. The van der Waals surface area contributed by atoms with Gasteiger partial charge in [0.15, 0.2) is 0 Å². The SMILES string of the molecule is COc1ccc(OCC(COC(=O)N2CCNCC2)OC(C)(C)C)cc1. The van der Waals surface area contributed by atoms with E-state index in [0.717, 1.165) is 18.8 Å². The highest BCUT2D eigenvalue weighted by Crippen LogP contribution is 2.18. The zero-order chi connectivity index (χ0) is 19.0. The summed E-state index contributed by atoms with van der Waals surface area (Å²) in [7, 11) is 1.62. The van der Waals surface area contributed by atoms with Crippen LogP contribution >= 0.6 is 0 Å². The summed E-state index contributed by atoms with van der Waals surface area (Å²) in [6.07, 6.45) is -0.664. The van der Waals surface area contributed by atoms with Crippen LogP contribution in [0.1, 0.15) is 20.8 Å². The lowest BCUT2D eigenvalue weighted by molar-refractivity contribution is -0.0980. The molecule has 1 saturated heterocycles. The van der Waals surface area contributed by atoms with Crippen LogP contribution in [-0.4, -0.2) is 69.2 Å². The predicted octanol–water partition coefficient (Wildman–Crippen LogP) is 2.30. The molecule has 7 heteroatoms. The second-order valence-electron chi connectivity index (χ2n) is 7.15. The Kier molecular flexibility index (Phi) is 7.53. The van der Waals surface area contributed by atoms with Gasteiger partial charge in [0.1, 0.15) is 30.8 Å².